The number of carbonyl (C=O) groups is 1. The molecular weight excluding hydrogens is 436 g/mol. The minimum Gasteiger partial charge on any atom is -0.346 e. The molecule has 0 radical (unpaired) electrons. The van der Waals surface area contributed by atoms with Crippen molar-refractivity contribution in [3.63, 3.8) is 0 Å². The Hall–Kier alpha value is -3.52. The first kappa shape index (κ1) is 21.3. The van der Waals surface area contributed by atoms with Crippen LogP contribution in [0.25, 0.3) is 22.3 Å². The van der Waals surface area contributed by atoms with E-state index in [1.165, 1.54) is 0 Å². The van der Waals surface area contributed by atoms with E-state index >= 15 is 0 Å². The molecule has 0 bridgehead atoms. The van der Waals surface area contributed by atoms with Crippen molar-refractivity contribution in [3.05, 3.63) is 84.1 Å². The first-order valence-electron chi connectivity index (χ1n) is 10.8. The molecule has 3 heterocycles. The summed E-state index contributed by atoms with van der Waals surface area (Å²) in [6.45, 7) is 2.30. The Morgan fingerprint density at radius 2 is 1.79 bits per heavy atom. The van der Waals surface area contributed by atoms with Crippen molar-refractivity contribution in [1.29, 1.82) is 0 Å². The van der Waals surface area contributed by atoms with Gasteiger partial charge in [-0.2, -0.15) is 5.10 Å². The van der Waals surface area contributed by atoms with Crippen molar-refractivity contribution in [1.82, 2.24) is 20.1 Å². The van der Waals surface area contributed by atoms with Crippen molar-refractivity contribution in [2.24, 2.45) is 0 Å². The largest absolute Gasteiger partial charge is 0.346 e. The number of rotatable bonds is 5. The maximum Gasteiger partial charge on any atom is 0.252 e. The van der Waals surface area contributed by atoms with Gasteiger partial charge in [-0.3, -0.25) is 4.79 Å². The van der Waals surface area contributed by atoms with Crippen LogP contribution in [0.4, 0.5) is 0 Å². The predicted molar refractivity (Wildman–Crippen MR) is 128 cm³/mol. The number of hydrogen-bond donors (Lipinski definition) is 1. The highest BCUT2D eigenvalue weighted by Crippen LogP contribution is 2.28. The summed E-state index contributed by atoms with van der Waals surface area (Å²) in [7, 11) is -3.15. The standard InChI is InChI=1S/C25H24N4O3S/c1-25(12-13-33(31,32)17-25)28-24(30)20-14-22(19-10-6-3-7-11-19)27-23-21(20)15-26-29(23)16-18-8-4-2-5-9-18/h2-11,14-15H,12-13,16-17H2,1H3,(H,28,30). The molecular formula is C25H24N4O3S. The fraction of sp³-hybridized carbons (Fsp3) is 0.240. The quantitative estimate of drug-likeness (QED) is 0.492. The Labute approximate surface area is 192 Å². The number of hydrogen-bond acceptors (Lipinski definition) is 5. The maximum absolute atomic E-state index is 13.4. The number of benzene rings is 2. The predicted octanol–water partition coefficient (Wildman–Crippen LogP) is 3.45. The zero-order valence-corrected chi connectivity index (χ0v) is 19.0. The highest BCUT2D eigenvalue weighted by atomic mass is 32.2. The van der Waals surface area contributed by atoms with E-state index in [0.717, 1.165) is 11.1 Å². The topological polar surface area (TPSA) is 93.9 Å². The van der Waals surface area contributed by atoms with Gasteiger partial charge in [0.2, 0.25) is 0 Å². The number of nitrogens with zero attached hydrogens (tertiary/aromatic N) is 3. The van der Waals surface area contributed by atoms with E-state index in [1.807, 2.05) is 60.7 Å². The van der Waals surface area contributed by atoms with Gasteiger partial charge in [0, 0.05) is 5.56 Å². The number of nitrogens with one attached hydrogen (secondary N) is 1. The van der Waals surface area contributed by atoms with Gasteiger partial charge in [0.1, 0.15) is 0 Å². The molecule has 0 saturated carbocycles. The zero-order chi connectivity index (χ0) is 23.1. The third-order valence-corrected chi connectivity index (χ3v) is 7.92. The molecule has 1 aliphatic rings. The maximum atomic E-state index is 13.4. The lowest BCUT2D eigenvalue weighted by molar-refractivity contribution is 0.0917. The van der Waals surface area contributed by atoms with Crippen LogP contribution in [-0.4, -0.2) is 46.1 Å². The summed E-state index contributed by atoms with van der Waals surface area (Å²) < 4.78 is 25.8. The van der Waals surface area contributed by atoms with Crippen molar-refractivity contribution in [2.45, 2.75) is 25.4 Å². The smallest absolute Gasteiger partial charge is 0.252 e. The molecule has 2 aromatic carbocycles. The molecule has 1 saturated heterocycles. The molecule has 4 aromatic rings. The van der Waals surface area contributed by atoms with Crippen LogP contribution in [0.2, 0.25) is 0 Å². The minimum absolute atomic E-state index is 0.0568. The average molecular weight is 461 g/mol. The van der Waals surface area contributed by atoms with Crippen molar-refractivity contribution in [3.8, 4) is 11.3 Å². The number of aromatic nitrogens is 3. The second-order valence-electron chi connectivity index (χ2n) is 8.80. The van der Waals surface area contributed by atoms with E-state index in [4.69, 9.17) is 4.98 Å². The summed E-state index contributed by atoms with van der Waals surface area (Å²) in [5.41, 5.74) is 2.86. The molecule has 5 rings (SSSR count). The Bertz CT molecular complexity index is 1430. The molecule has 1 unspecified atom stereocenters. The fourth-order valence-electron chi connectivity index (χ4n) is 4.31. The number of pyridine rings is 1. The van der Waals surface area contributed by atoms with Crippen molar-refractivity contribution in [2.75, 3.05) is 11.5 Å². The molecule has 7 nitrogen and oxygen atoms in total. The second-order valence-corrected chi connectivity index (χ2v) is 11.0. The first-order valence-corrected chi connectivity index (χ1v) is 12.6. The number of amides is 1. The van der Waals surface area contributed by atoms with Crippen LogP contribution < -0.4 is 5.32 Å². The van der Waals surface area contributed by atoms with E-state index in [9.17, 15) is 13.2 Å². The van der Waals surface area contributed by atoms with E-state index in [2.05, 4.69) is 10.4 Å². The van der Waals surface area contributed by atoms with Gasteiger partial charge in [0.05, 0.1) is 46.4 Å². The molecule has 168 valence electrons. The summed E-state index contributed by atoms with van der Waals surface area (Å²) >= 11 is 0. The highest BCUT2D eigenvalue weighted by Gasteiger charge is 2.40. The number of fused-ring (bicyclic) bond motifs is 1. The minimum atomic E-state index is -3.15. The van der Waals surface area contributed by atoms with Gasteiger partial charge < -0.3 is 5.32 Å². The van der Waals surface area contributed by atoms with Crippen LogP contribution in [-0.2, 0) is 16.4 Å². The van der Waals surface area contributed by atoms with E-state index in [-0.39, 0.29) is 17.4 Å². The lowest BCUT2D eigenvalue weighted by Gasteiger charge is -2.24. The van der Waals surface area contributed by atoms with Gasteiger partial charge in [0.15, 0.2) is 15.5 Å². The monoisotopic (exact) mass is 460 g/mol. The highest BCUT2D eigenvalue weighted by molar-refractivity contribution is 7.91. The van der Waals surface area contributed by atoms with E-state index in [1.54, 1.807) is 23.9 Å². The van der Waals surface area contributed by atoms with Crippen LogP contribution in [0.1, 0.15) is 29.3 Å². The average Bonchev–Trinajstić information content (AvgIpc) is 3.33. The summed E-state index contributed by atoms with van der Waals surface area (Å²) in [6, 6.07) is 21.4. The summed E-state index contributed by atoms with van der Waals surface area (Å²) in [4.78, 5) is 18.3. The molecule has 33 heavy (non-hydrogen) atoms. The molecule has 1 aliphatic heterocycles. The third kappa shape index (κ3) is 4.39. The summed E-state index contributed by atoms with van der Waals surface area (Å²) in [6.07, 6.45) is 2.05. The Balaban J connectivity index is 1.59. The molecule has 0 aliphatic carbocycles. The van der Waals surface area contributed by atoms with Gasteiger partial charge in [-0.15, -0.1) is 0 Å². The normalized spacial score (nSPS) is 19.5. The van der Waals surface area contributed by atoms with Gasteiger partial charge in [-0.1, -0.05) is 60.7 Å². The summed E-state index contributed by atoms with van der Waals surface area (Å²) in [5, 5.41) is 8.12. The zero-order valence-electron chi connectivity index (χ0n) is 18.2. The third-order valence-electron chi connectivity index (χ3n) is 6.02. The Morgan fingerprint density at radius 1 is 1.09 bits per heavy atom. The molecule has 1 N–H and O–H groups in total. The van der Waals surface area contributed by atoms with Crippen molar-refractivity contribution >= 4 is 26.8 Å². The molecule has 2 aromatic heterocycles. The van der Waals surface area contributed by atoms with Crippen LogP contribution in [0.3, 0.4) is 0 Å². The van der Waals surface area contributed by atoms with Gasteiger partial charge in [0.25, 0.3) is 5.91 Å². The van der Waals surface area contributed by atoms with Crippen LogP contribution in [0, 0.1) is 0 Å². The molecule has 1 amide bonds. The molecule has 8 heteroatoms. The van der Waals surface area contributed by atoms with E-state index in [0.29, 0.717) is 35.3 Å². The van der Waals surface area contributed by atoms with Crippen LogP contribution >= 0.6 is 0 Å². The second kappa shape index (κ2) is 8.12. The number of sulfone groups is 1. The Kier molecular flexibility index (Phi) is 5.25. The van der Waals surface area contributed by atoms with E-state index < -0.39 is 15.4 Å². The van der Waals surface area contributed by atoms with Gasteiger partial charge >= 0.3 is 0 Å². The van der Waals surface area contributed by atoms with Gasteiger partial charge in [-0.25, -0.2) is 18.1 Å². The summed E-state index contributed by atoms with van der Waals surface area (Å²) in [5.74, 6) is -0.295. The lowest BCUT2D eigenvalue weighted by Crippen LogP contribution is -2.47. The lowest BCUT2D eigenvalue weighted by atomic mass is 10.0. The first-order chi connectivity index (χ1) is 15.8. The number of carbonyl (C=O) groups excluding carboxylic acids is 1. The van der Waals surface area contributed by atoms with Gasteiger partial charge in [-0.05, 0) is 25.0 Å². The molecule has 1 atom stereocenters. The van der Waals surface area contributed by atoms with Crippen LogP contribution in [0.5, 0.6) is 0 Å². The Morgan fingerprint density at radius 3 is 2.45 bits per heavy atom. The fourth-order valence-corrected chi connectivity index (χ4v) is 6.41. The SMILES string of the molecule is CC1(NC(=O)c2cc(-c3ccccc3)nc3c2cnn3Cc2ccccc2)CCS(=O)(=O)C1. The molecule has 1 fully saturated rings. The van der Waals surface area contributed by atoms with Crippen LogP contribution in [0.15, 0.2) is 72.9 Å². The van der Waals surface area contributed by atoms with Crippen molar-refractivity contribution < 1.29 is 13.2 Å². The molecule has 0 spiro atoms.